The van der Waals surface area contributed by atoms with Gasteiger partial charge in [0.2, 0.25) is 0 Å². The molecule has 10 rings (SSSR count). The summed E-state index contributed by atoms with van der Waals surface area (Å²) in [7, 11) is 0. The van der Waals surface area contributed by atoms with Crippen molar-refractivity contribution in [1.29, 1.82) is 0 Å². The van der Waals surface area contributed by atoms with E-state index in [0.29, 0.717) is 0 Å². The van der Waals surface area contributed by atoms with Crippen LogP contribution in [0.25, 0.3) is 43.8 Å². The van der Waals surface area contributed by atoms with Gasteiger partial charge in [-0.3, -0.25) is 0 Å². The number of hydrogen-bond acceptors (Lipinski definition) is 1. The van der Waals surface area contributed by atoms with Gasteiger partial charge < -0.3 is 4.90 Å². The third-order valence-electron chi connectivity index (χ3n) is 10.9. The van der Waals surface area contributed by atoms with Crippen LogP contribution >= 0.6 is 0 Å². The Kier molecular flexibility index (Phi) is 7.11. The van der Waals surface area contributed by atoms with Crippen LogP contribution < -0.4 is 4.90 Å². The molecule has 0 atom stereocenters. The Bertz CT molecular complexity index is 2600. The van der Waals surface area contributed by atoms with E-state index < -0.39 is 5.41 Å². The van der Waals surface area contributed by atoms with Crippen molar-refractivity contribution < 1.29 is 0 Å². The van der Waals surface area contributed by atoms with Crippen LogP contribution in [-0.2, 0) is 5.41 Å². The van der Waals surface area contributed by atoms with Gasteiger partial charge in [-0.1, -0.05) is 188 Å². The minimum absolute atomic E-state index is 0.427. The number of anilines is 3. The fourth-order valence-corrected chi connectivity index (χ4v) is 8.74. The standard InChI is InChI=1S/C51H35N/c1-3-20-39(21-4-1)51(40-22-5-2-6-23-40)46-28-12-11-26-45(46)50-44(27-15-29-47(50)51)38-32-34-41(35-33-38)52(48-30-13-18-36-16-7-9-24-42(36)48)49-31-14-19-37-17-8-10-25-43(37)49/h1-35H. The maximum absolute atomic E-state index is 2.43. The molecule has 0 saturated carbocycles. The fourth-order valence-electron chi connectivity index (χ4n) is 8.74. The van der Waals surface area contributed by atoms with Gasteiger partial charge in [0.1, 0.15) is 0 Å². The van der Waals surface area contributed by atoms with Crippen LogP contribution in [0.1, 0.15) is 22.3 Å². The molecule has 9 aromatic carbocycles. The monoisotopic (exact) mass is 661 g/mol. The zero-order valence-corrected chi connectivity index (χ0v) is 28.7. The topological polar surface area (TPSA) is 3.24 Å². The molecule has 0 unspecified atom stereocenters. The first kappa shape index (κ1) is 30.2. The number of benzene rings is 9. The number of hydrogen-bond donors (Lipinski definition) is 0. The Hall–Kier alpha value is -6.70. The second kappa shape index (κ2) is 12.3. The number of nitrogens with zero attached hydrogens (tertiary/aromatic N) is 1. The summed E-state index contributed by atoms with van der Waals surface area (Å²) in [4.78, 5) is 2.43. The molecule has 0 aromatic heterocycles. The molecule has 1 aliphatic carbocycles. The van der Waals surface area contributed by atoms with Gasteiger partial charge in [-0.2, -0.15) is 0 Å². The highest BCUT2D eigenvalue weighted by atomic mass is 15.1. The molecule has 1 heteroatoms. The molecule has 1 aliphatic rings. The molecule has 9 aromatic rings. The van der Waals surface area contributed by atoms with Crippen LogP contribution in [0.2, 0.25) is 0 Å². The van der Waals surface area contributed by atoms with E-state index in [1.54, 1.807) is 0 Å². The smallest absolute Gasteiger partial charge is 0.0713 e. The summed E-state index contributed by atoms with van der Waals surface area (Å²) in [6.07, 6.45) is 0. The number of fused-ring (bicyclic) bond motifs is 5. The lowest BCUT2D eigenvalue weighted by atomic mass is 9.67. The van der Waals surface area contributed by atoms with Gasteiger partial charge in [-0.15, -0.1) is 0 Å². The van der Waals surface area contributed by atoms with Crippen molar-refractivity contribution in [3.8, 4) is 22.3 Å². The summed E-state index contributed by atoms with van der Waals surface area (Å²) < 4.78 is 0. The first-order chi connectivity index (χ1) is 25.8. The van der Waals surface area contributed by atoms with Crippen LogP contribution in [0.15, 0.2) is 212 Å². The largest absolute Gasteiger partial charge is 0.309 e. The Morgan fingerprint density at radius 2 is 0.788 bits per heavy atom. The molecule has 1 nitrogen and oxygen atoms in total. The van der Waals surface area contributed by atoms with E-state index in [0.717, 1.165) is 17.1 Å². The van der Waals surface area contributed by atoms with Crippen molar-refractivity contribution in [3.05, 3.63) is 235 Å². The summed E-state index contributed by atoms with van der Waals surface area (Å²) in [5.74, 6) is 0. The van der Waals surface area contributed by atoms with Crippen LogP contribution in [0, 0.1) is 0 Å². The van der Waals surface area contributed by atoms with Gasteiger partial charge in [-0.05, 0) is 79.5 Å². The van der Waals surface area contributed by atoms with Crippen molar-refractivity contribution in [1.82, 2.24) is 0 Å². The summed E-state index contributed by atoms with van der Waals surface area (Å²) in [6.45, 7) is 0. The average Bonchev–Trinajstić information content (AvgIpc) is 3.53. The molecule has 244 valence electrons. The van der Waals surface area contributed by atoms with Gasteiger partial charge in [0.15, 0.2) is 0 Å². The molecular weight excluding hydrogens is 627 g/mol. The molecule has 0 spiro atoms. The summed E-state index contributed by atoms with van der Waals surface area (Å²) in [5.41, 5.74) is 13.2. The van der Waals surface area contributed by atoms with E-state index in [-0.39, 0.29) is 0 Å². The summed E-state index contributed by atoms with van der Waals surface area (Å²) in [6, 6.07) is 77.7. The predicted molar refractivity (Wildman–Crippen MR) is 219 cm³/mol. The van der Waals surface area contributed by atoms with Crippen LogP contribution in [0.3, 0.4) is 0 Å². The van der Waals surface area contributed by atoms with E-state index in [4.69, 9.17) is 0 Å². The molecule has 0 amide bonds. The van der Waals surface area contributed by atoms with Crippen LogP contribution in [-0.4, -0.2) is 0 Å². The highest BCUT2D eigenvalue weighted by Gasteiger charge is 2.46. The second-order valence-corrected chi connectivity index (χ2v) is 13.6. The molecular formula is C51H35N. The molecule has 0 saturated heterocycles. The highest BCUT2D eigenvalue weighted by Crippen LogP contribution is 2.58. The van der Waals surface area contributed by atoms with Crippen molar-refractivity contribution in [2.75, 3.05) is 4.90 Å². The molecule has 0 heterocycles. The fraction of sp³-hybridized carbons (Fsp3) is 0.0196. The van der Waals surface area contributed by atoms with E-state index in [9.17, 15) is 0 Å². The lowest BCUT2D eigenvalue weighted by molar-refractivity contribution is 0.768. The molecule has 0 bridgehead atoms. The van der Waals surface area contributed by atoms with Gasteiger partial charge in [0.25, 0.3) is 0 Å². The Labute approximate surface area is 304 Å². The summed E-state index contributed by atoms with van der Waals surface area (Å²) >= 11 is 0. The van der Waals surface area contributed by atoms with Gasteiger partial charge in [0.05, 0.1) is 16.8 Å². The Morgan fingerprint density at radius 3 is 1.40 bits per heavy atom. The highest BCUT2D eigenvalue weighted by molar-refractivity contribution is 6.05. The van der Waals surface area contributed by atoms with Crippen molar-refractivity contribution in [3.63, 3.8) is 0 Å². The van der Waals surface area contributed by atoms with Crippen molar-refractivity contribution >= 4 is 38.6 Å². The third-order valence-corrected chi connectivity index (χ3v) is 10.9. The zero-order valence-electron chi connectivity index (χ0n) is 28.7. The zero-order chi connectivity index (χ0) is 34.5. The van der Waals surface area contributed by atoms with Gasteiger partial charge in [0, 0.05) is 16.5 Å². The van der Waals surface area contributed by atoms with E-state index >= 15 is 0 Å². The Morgan fingerprint density at radius 1 is 0.327 bits per heavy atom. The van der Waals surface area contributed by atoms with Crippen LogP contribution in [0.4, 0.5) is 17.1 Å². The van der Waals surface area contributed by atoms with E-state index in [1.165, 1.54) is 66.1 Å². The molecule has 0 fully saturated rings. The molecule has 52 heavy (non-hydrogen) atoms. The van der Waals surface area contributed by atoms with E-state index in [2.05, 4.69) is 217 Å². The maximum atomic E-state index is 2.43. The predicted octanol–water partition coefficient (Wildman–Crippen LogP) is 13.5. The van der Waals surface area contributed by atoms with E-state index in [1.807, 2.05) is 0 Å². The summed E-state index contributed by atoms with van der Waals surface area (Å²) in [5, 5.41) is 4.89. The minimum atomic E-state index is -0.427. The average molecular weight is 662 g/mol. The molecule has 0 radical (unpaired) electrons. The minimum Gasteiger partial charge on any atom is -0.309 e. The maximum Gasteiger partial charge on any atom is 0.0713 e. The SMILES string of the molecule is c1ccc(C2(c3ccccc3)c3ccccc3-c3c(-c4ccc(N(c5cccc6ccccc56)c5cccc6ccccc56)cc4)cccc32)cc1. The second-order valence-electron chi connectivity index (χ2n) is 13.6. The first-order valence-electron chi connectivity index (χ1n) is 18.0. The normalized spacial score (nSPS) is 12.8. The van der Waals surface area contributed by atoms with Crippen molar-refractivity contribution in [2.45, 2.75) is 5.41 Å². The lowest BCUT2D eigenvalue weighted by Crippen LogP contribution is -2.28. The van der Waals surface area contributed by atoms with Crippen LogP contribution in [0.5, 0.6) is 0 Å². The van der Waals surface area contributed by atoms with Crippen molar-refractivity contribution in [2.24, 2.45) is 0 Å². The third kappa shape index (κ3) is 4.56. The van der Waals surface area contributed by atoms with Gasteiger partial charge in [-0.25, -0.2) is 0 Å². The number of rotatable bonds is 6. The van der Waals surface area contributed by atoms with Gasteiger partial charge >= 0.3 is 0 Å². The molecule has 0 aliphatic heterocycles. The molecule has 0 N–H and O–H groups in total. The first-order valence-corrected chi connectivity index (χ1v) is 18.0. The quantitative estimate of drug-likeness (QED) is 0.171. The Balaban J connectivity index is 1.18. The lowest BCUT2D eigenvalue weighted by Gasteiger charge is -2.34.